The van der Waals surface area contributed by atoms with Gasteiger partial charge in [0, 0.05) is 17.3 Å². The van der Waals surface area contributed by atoms with Crippen LogP contribution in [-0.2, 0) is 6.54 Å². The Kier molecular flexibility index (Phi) is 3.87. The molecular weight excluding hydrogens is 260 g/mol. The molecule has 0 spiro atoms. The first kappa shape index (κ1) is 12.2. The van der Waals surface area contributed by atoms with E-state index >= 15 is 0 Å². The lowest BCUT2D eigenvalue weighted by molar-refractivity contribution is 0.627. The number of hydrogen-bond donors (Lipinski definition) is 1. The molecule has 0 radical (unpaired) electrons. The summed E-state index contributed by atoms with van der Waals surface area (Å²) in [6.45, 7) is 0.570. The highest BCUT2D eigenvalue weighted by atomic mass is 35.5. The maximum Gasteiger partial charge on any atom is 0.141 e. The molecule has 4 heteroatoms. The van der Waals surface area contributed by atoms with E-state index in [0.717, 1.165) is 11.3 Å². The summed E-state index contributed by atoms with van der Waals surface area (Å²) in [7, 11) is 0. The number of hydrogen-bond acceptors (Lipinski definition) is 1. The smallest absolute Gasteiger partial charge is 0.141 e. The third kappa shape index (κ3) is 3.35. The average molecular weight is 270 g/mol. The minimum absolute atomic E-state index is 0.135. The molecular formula is C13H10Cl2FN. The molecule has 0 heterocycles. The Balaban J connectivity index is 2.05. The van der Waals surface area contributed by atoms with Crippen LogP contribution in [0.4, 0.5) is 10.1 Å². The molecule has 17 heavy (non-hydrogen) atoms. The summed E-state index contributed by atoms with van der Waals surface area (Å²) < 4.78 is 12.9. The molecule has 0 aliphatic carbocycles. The number of rotatable bonds is 3. The molecule has 0 fully saturated rings. The van der Waals surface area contributed by atoms with E-state index in [-0.39, 0.29) is 5.02 Å². The van der Waals surface area contributed by atoms with Gasteiger partial charge in [-0.05, 0) is 35.9 Å². The lowest BCUT2D eigenvalue weighted by Gasteiger charge is -2.07. The predicted octanol–water partition coefficient (Wildman–Crippen LogP) is 4.74. The van der Waals surface area contributed by atoms with E-state index in [9.17, 15) is 4.39 Å². The Bertz CT molecular complexity index is 529. The summed E-state index contributed by atoms with van der Waals surface area (Å²) in [5, 5.41) is 3.99. The molecule has 2 aromatic carbocycles. The molecule has 0 aromatic heterocycles. The van der Waals surface area contributed by atoms with Crippen LogP contribution < -0.4 is 5.32 Å². The van der Waals surface area contributed by atoms with Crippen LogP contribution in [0.15, 0.2) is 42.5 Å². The highest BCUT2D eigenvalue weighted by Crippen LogP contribution is 2.18. The Labute approximate surface area is 109 Å². The predicted molar refractivity (Wildman–Crippen MR) is 70.2 cm³/mol. The van der Waals surface area contributed by atoms with Gasteiger partial charge in [0.2, 0.25) is 0 Å². The van der Waals surface area contributed by atoms with Gasteiger partial charge in [-0.15, -0.1) is 0 Å². The molecule has 0 aliphatic heterocycles. The second-order valence-corrected chi connectivity index (χ2v) is 4.46. The van der Waals surface area contributed by atoms with Gasteiger partial charge in [-0.25, -0.2) is 4.39 Å². The summed E-state index contributed by atoms with van der Waals surface area (Å²) in [5.74, 6) is -0.404. The van der Waals surface area contributed by atoms with Crippen LogP contribution >= 0.6 is 23.2 Å². The summed E-state index contributed by atoms with van der Waals surface area (Å²) in [4.78, 5) is 0. The fourth-order valence-electron chi connectivity index (χ4n) is 1.45. The Morgan fingerprint density at radius 3 is 2.59 bits per heavy atom. The normalized spacial score (nSPS) is 10.3. The topological polar surface area (TPSA) is 12.0 Å². The monoisotopic (exact) mass is 269 g/mol. The van der Waals surface area contributed by atoms with Gasteiger partial charge in [-0.2, -0.15) is 0 Å². The van der Waals surface area contributed by atoms with Crippen molar-refractivity contribution < 1.29 is 4.39 Å². The third-order valence-corrected chi connectivity index (χ3v) is 2.83. The van der Waals surface area contributed by atoms with E-state index in [4.69, 9.17) is 23.2 Å². The average Bonchev–Trinajstić information content (AvgIpc) is 2.31. The first-order valence-electron chi connectivity index (χ1n) is 5.08. The van der Waals surface area contributed by atoms with Crippen LogP contribution in [0.2, 0.25) is 10.0 Å². The summed E-state index contributed by atoms with van der Waals surface area (Å²) >= 11 is 11.6. The molecule has 1 N–H and O–H groups in total. The molecule has 0 atom stereocenters. The zero-order valence-electron chi connectivity index (χ0n) is 8.88. The van der Waals surface area contributed by atoms with Crippen molar-refractivity contribution in [2.45, 2.75) is 6.54 Å². The maximum atomic E-state index is 12.9. The van der Waals surface area contributed by atoms with Crippen molar-refractivity contribution in [1.29, 1.82) is 0 Å². The van der Waals surface area contributed by atoms with E-state index < -0.39 is 5.82 Å². The second-order valence-electron chi connectivity index (χ2n) is 3.61. The minimum Gasteiger partial charge on any atom is -0.381 e. The van der Waals surface area contributed by atoms with E-state index in [0.29, 0.717) is 11.6 Å². The quantitative estimate of drug-likeness (QED) is 0.849. The second kappa shape index (κ2) is 5.39. The standard InChI is InChI=1S/C13H10Cl2FN/c14-10-2-1-3-11(7-10)17-8-9-4-5-13(16)12(15)6-9/h1-7,17H,8H2. The first-order valence-corrected chi connectivity index (χ1v) is 5.84. The Hall–Kier alpha value is -1.25. The van der Waals surface area contributed by atoms with Gasteiger partial charge in [0.05, 0.1) is 5.02 Å². The highest BCUT2D eigenvalue weighted by Gasteiger charge is 2.01. The van der Waals surface area contributed by atoms with Crippen molar-refractivity contribution in [3.63, 3.8) is 0 Å². The van der Waals surface area contributed by atoms with E-state index in [2.05, 4.69) is 5.32 Å². The number of anilines is 1. The summed E-state index contributed by atoms with van der Waals surface area (Å²) in [5.41, 5.74) is 1.83. The largest absolute Gasteiger partial charge is 0.381 e. The lowest BCUT2D eigenvalue weighted by atomic mass is 10.2. The van der Waals surface area contributed by atoms with Gasteiger partial charge in [0.1, 0.15) is 5.82 Å². The molecule has 0 unspecified atom stereocenters. The van der Waals surface area contributed by atoms with Crippen LogP contribution in [0.3, 0.4) is 0 Å². The van der Waals surface area contributed by atoms with Gasteiger partial charge < -0.3 is 5.32 Å². The number of benzene rings is 2. The zero-order valence-corrected chi connectivity index (χ0v) is 10.4. The van der Waals surface area contributed by atoms with Crippen molar-refractivity contribution in [2.24, 2.45) is 0 Å². The minimum atomic E-state index is -0.404. The molecule has 0 saturated heterocycles. The van der Waals surface area contributed by atoms with E-state index in [1.54, 1.807) is 12.1 Å². The van der Waals surface area contributed by atoms with Gasteiger partial charge in [0.15, 0.2) is 0 Å². The van der Waals surface area contributed by atoms with Crippen molar-refractivity contribution in [3.05, 3.63) is 63.9 Å². The van der Waals surface area contributed by atoms with Crippen LogP contribution in [-0.4, -0.2) is 0 Å². The third-order valence-electron chi connectivity index (χ3n) is 2.31. The van der Waals surface area contributed by atoms with Crippen LogP contribution in [0.1, 0.15) is 5.56 Å². The van der Waals surface area contributed by atoms with Gasteiger partial charge >= 0.3 is 0 Å². The molecule has 88 valence electrons. The lowest BCUT2D eigenvalue weighted by Crippen LogP contribution is -1.99. The molecule has 2 aromatic rings. The highest BCUT2D eigenvalue weighted by molar-refractivity contribution is 6.31. The van der Waals surface area contributed by atoms with Crippen molar-refractivity contribution in [2.75, 3.05) is 5.32 Å². The molecule has 0 bridgehead atoms. The summed E-state index contributed by atoms with van der Waals surface area (Å²) in [6, 6.07) is 12.1. The fraction of sp³-hybridized carbons (Fsp3) is 0.0769. The Morgan fingerprint density at radius 2 is 1.88 bits per heavy atom. The molecule has 0 aliphatic rings. The fourth-order valence-corrected chi connectivity index (χ4v) is 1.85. The number of halogens is 3. The molecule has 1 nitrogen and oxygen atoms in total. The SMILES string of the molecule is Fc1ccc(CNc2cccc(Cl)c2)cc1Cl. The molecule has 2 rings (SSSR count). The van der Waals surface area contributed by atoms with Crippen molar-refractivity contribution in [1.82, 2.24) is 0 Å². The van der Waals surface area contributed by atoms with Crippen molar-refractivity contribution >= 4 is 28.9 Å². The molecule has 0 saturated carbocycles. The van der Waals surface area contributed by atoms with Crippen molar-refractivity contribution in [3.8, 4) is 0 Å². The Morgan fingerprint density at radius 1 is 1.06 bits per heavy atom. The number of nitrogens with one attached hydrogen (secondary N) is 1. The van der Waals surface area contributed by atoms with Gasteiger partial charge in [-0.3, -0.25) is 0 Å². The van der Waals surface area contributed by atoms with Gasteiger partial charge in [-0.1, -0.05) is 35.3 Å². The van der Waals surface area contributed by atoms with Crippen LogP contribution in [0.5, 0.6) is 0 Å². The zero-order chi connectivity index (χ0) is 12.3. The van der Waals surface area contributed by atoms with E-state index in [1.165, 1.54) is 6.07 Å². The van der Waals surface area contributed by atoms with Crippen LogP contribution in [0.25, 0.3) is 0 Å². The summed E-state index contributed by atoms with van der Waals surface area (Å²) in [6.07, 6.45) is 0. The maximum absolute atomic E-state index is 12.9. The van der Waals surface area contributed by atoms with E-state index in [1.807, 2.05) is 24.3 Å². The first-order chi connectivity index (χ1) is 8.15. The van der Waals surface area contributed by atoms with Crippen LogP contribution in [0, 0.1) is 5.82 Å². The van der Waals surface area contributed by atoms with Gasteiger partial charge in [0.25, 0.3) is 0 Å². The molecule has 0 amide bonds.